The van der Waals surface area contributed by atoms with Crippen molar-refractivity contribution in [2.45, 2.75) is 30.2 Å². The topological polar surface area (TPSA) is 54.4 Å². The first-order valence-electron chi connectivity index (χ1n) is 5.46. The maximum absolute atomic E-state index is 12.3. The summed E-state index contributed by atoms with van der Waals surface area (Å²) in [4.78, 5) is 10.7. The molecule has 3 nitrogen and oxygen atoms in total. The third kappa shape index (κ3) is 3.79. The van der Waals surface area contributed by atoms with E-state index in [0.29, 0.717) is 5.56 Å². The molecule has 0 saturated heterocycles. The van der Waals surface area contributed by atoms with Gasteiger partial charge in [-0.2, -0.15) is 13.2 Å². The highest BCUT2D eigenvalue weighted by Crippen LogP contribution is 2.29. The summed E-state index contributed by atoms with van der Waals surface area (Å²) in [6, 6.07) is 4.66. The fourth-order valence-corrected chi connectivity index (χ4v) is 2.40. The molecule has 1 aromatic carbocycles. The van der Waals surface area contributed by atoms with Crippen molar-refractivity contribution >= 4 is 16.8 Å². The van der Waals surface area contributed by atoms with E-state index in [-0.39, 0.29) is 10.8 Å². The van der Waals surface area contributed by atoms with Crippen molar-refractivity contribution < 1.29 is 27.3 Å². The van der Waals surface area contributed by atoms with Crippen LogP contribution < -0.4 is 0 Å². The van der Waals surface area contributed by atoms with Crippen molar-refractivity contribution in [3.05, 3.63) is 29.8 Å². The molecule has 0 spiro atoms. The largest absolute Gasteiger partial charge is 0.481 e. The zero-order valence-electron chi connectivity index (χ0n) is 10.3. The van der Waals surface area contributed by atoms with Gasteiger partial charge in [-0.25, -0.2) is 4.21 Å². The molecule has 2 atom stereocenters. The molecule has 0 aliphatic heterocycles. The van der Waals surface area contributed by atoms with E-state index in [4.69, 9.17) is 5.11 Å². The summed E-state index contributed by atoms with van der Waals surface area (Å²) in [6.45, 7) is 3.42. The zero-order chi connectivity index (χ0) is 14.8. The van der Waals surface area contributed by atoms with Crippen molar-refractivity contribution in [1.29, 1.82) is 0 Å². The molecule has 1 N–H and O–H groups in total. The van der Waals surface area contributed by atoms with Gasteiger partial charge in [0.15, 0.2) is 10.8 Å². The monoisotopic (exact) mass is 294 g/mol. The molecule has 106 valence electrons. The normalized spacial score (nSPS) is 15.3. The standard InChI is InChI=1S/C12H13F3O3S/c1-7(2)10(11(16)17)8-3-5-9(6-4-8)19(18)12(13,14)15/h3-7,10H,1-2H3,(H,16,17). The first kappa shape index (κ1) is 15.7. The molecule has 19 heavy (non-hydrogen) atoms. The second-order valence-corrected chi connectivity index (χ2v) is 5.82. The van der Waals surface area contributed by atoms with Gasteiger partial charge in [0.2, 0.25) is 0 Å². The highest BCUT2D eigenvalue weighted by molar-refractivity contribution is 7.86. The van der Waals surface area contributed by atoms with Crippen LogP contribution in [0.4, 0.5) is 13.2 Å². The lowest BCUT2D eigenvalue weighted by Gasteiger charge is -2.17. The van der Waals surface area contributed by atoms with Crippen LogP contribution >= 0.6 is 0 Å². The summed E-state index contributed by atoms with van der Waals surface area (Å²) < 4.78 is 47.9. The van der Waals surface area contributed by atoms with Gasteiger partial charge in [-0.15, -0.1) is 0 Å². The minimum absolute atomic E-state index is 0.198. The van der Waals surface area contributed by atoms with Gasteiger partial charge < -0.3 is 5.11 Å². The van der Waals surface area contributed by atoms with Gasteiger partial charge in [-0.05, 0) is 23.6 Å². The first-order valence-corrected chi connectivity index (χ1v) is 6.61. The van der Waals surface area contributed by atoms with Crippen molar-refractivity contribution in [2.75, 3.05) is 0 Å². The molecule has 0 aromatic heterocycles. The van der Waals surface area contributed by atoms with Gasteiger partial charge in [-0.1, -0.05) is 26.0 Å². The minimum atomic E-state index is -4.81. The van der Waals surface area contributed by atoms with E-state index in [1.807, 2.05) is 0 Å². The maximum atomic E-state index is 12.3. The second kappa shape index (κ2) is 5.73. The molecule has 1 aromatic rings. The summed E-state index contributed by atoms with van der Waals surface area (Å²) in [5.41, 5.74) is -4.42. The minimum Gasteiger partial charge on any atom is -0.481 e. The molecule has 0 aliphatic carbocycles. The number of carboxylic acid groups (broad SMARTS) is 1. The summed E-state index contributed by atoms with van der Waals surface area (Å²) in [7, 11) is -3.09. The Morgan fingerprint density at radius 3 is 2.00 bits per heavy atom. The number of aliphatic carboxylic acids is 1. The van der Waals surface area contributed by atoms with E-state index in [1.54, 1.807) is 13.8 Å². The lowest BCUT2D eigenvalue weighted by atomic mass is 9.89. The van der Waals surface area contributed by atoms with E-state index >= 15 is 0 Å². The molecule has 0 fully saturated rings. The molecule has 0 aliphatic rings. The van der Waals surface area contributed by atoms with Crippen molar-refractivity contribution in [3.8, 4) is 0 Å². The van der Waals surface area contributed by atoms with Crippen LogP contribution in [-0.4, -0.2) is 20.8 Å². The molecular weight excluding hydrogens is 281 g/mol. The molecular formula is C12H13F3O3S. The van der Waals surface area contributed by atoms with E-state index in [2.05, 4.69) is 0 Å². The average Bonchev–Trinajstić information content (AvgIpc) is 2.27. The number of hydrogen-bond donors (Lipinski definition) is 1. The van der Waals surface area contributed by atoms with Crippen LogP contribution in [0.5, 0.6) is 0 Å². The number of carbonyl (C=O) groups is 1. The number of halogens is 3. The Kier molecular flexibility index (Phi) is 4.73. The zero-order valence-corrected chi connectivity index (χ0v) is 11.1. The molecule has 7 heteroatoms. The van der Waals surface area contributed by atoms with Crippen molar-refractivity contribution in [3.63, 3.8) is 0 Å². The van der Waals surface area contributed by atoms with Gasteiger partial charge in [0.05, 0.1) is 5.92 Å². The average molecular weight is 294 g/mol. The molecule has 0 heterocycles. The number of benzene rings is 1. The Morgan fingerprint density at radius 2 is 1.68 bits per heavy atom. The van der Waals surface area contributed by atoms with Crippen LogP contribution in [0, 0.1) is 5.92 Å². The molecule has 1 rings (SSSR count). The van der Waals surface area contributed by atoms with Gasteiger partial charge >= 0.3 is 11.5 Å². The molecule has 0 bridgehead atoms. The van der Waals surface area contributed by atoms with Crippen molar-refractivity contribution in [1.82, 2.24) is 0 Å². The van der Waals surface area contributed by atoms with Crippen LogP contribution in [0.2, 0.25) is 0 Å². The quantitative estimate of drug-likeness (QED) is 0.928. The third-order valence-corrected chi connectivity index (χ3v) is 3.72. The van der Waals surface area contributed by atoms with E-state index < -0.39 is 28.2 Å². The highest BCUT2D eigenvalue weighted by atomic mass is 32.2. The van der Waals surface area contributed by atoms with Crippen LogP contribution in [-0.2, 0) is 15.6 Å². The second-order valence-electron chi connectivity index (χ2n) is 4.34. The molecule has 0 radical (unpaired) electrons. The Morgan fingerprint density at radius 1 is 1.21 bits per heavy atom. The highest BCUT2D eigenvalue weighted by Gasteiger charge is 2.38. The lowest BCUT2D eigenvalue weighted by molar-refractivity contribution is -0.139. The number of rotatable bonds is 4. The van der Waals surface area contributed by atoms with E-state index in [0.717, 1.165) is 12.1 Å². The van der Waals surface area contributed by atoms with Crippen molar-refractivity contribution in [2.24, 2.45) is 5.92 Å². The fraction of sp³-hybridized carbons (Fsp3) is 0.417. The SMILES string of the molecule is CC(C)C(C(=O)O)c1ccc(S(=O)C(F)(F)F)cc1. The van der Waals surface area contributed by atoms with E-state index in [9.17, 15) is 22.2 Å². The maximum Gasteiger partial charge on any atom is 0.475 e. The number of alkyl halides is 3. The first-order chi connectivity index (χ1) is 8.64. The summed E-state index contributed by atoms with van der Waals surface area (Å²) >= 11 is 0. The predicted octanol–water partition coefficient (Wildman–Crippen LogP) is 3.14. The Labute approximate surface area is 110 Å². The smallest absolute Gasteiger partial charge is 0.475 e. The fourth-order valence-electron chi connectivity index (χ4n) is 1.75. The molecule has 0 amide bonds. The Bertz CT molecular complexity index is 480. The predicted molar refractivity (Wildman–Crippen MR) is 64.1 cm³/mol. The van der Waals surface area contributed by atoms with Gasteiger partial charge in [0.1, 0.15) is 0 Å². The van der Waals surface area contributed by atoms with Crippen LogP contribution in [0.25, 0.3) is 0 Å². The number of hydrogen-bond acceptors (Lipinski definition) is 2. The van der Waals surface area contributed by atoms with E-state index in [1.165, 1.54) is 12.1 Å². The Balaban J connectivity index is 3.05. The Hall–Kier alpha value is -1.37. The number of carboxylic acids is 1. The molecule has 2 unspecified atom stereocenters. The lowest BCUT2D eigenvalue weighted by Crippen LogP contribution is -2.18. The summed E-state index contributed by atoms with van der Waals surface area (Å²) in [5.74, 6) is -2.04. The van der Waals surface area contributed by atoms with Crippen LogP contribution in [0.3, 0.4) is 0 Å². The van der Waals surface area contributed by atoms with Crippen LogP contribution in [0.15, 0.2) is 29.2 Å². The van der Waals surface area contributed by atoms with Gasteiger partial charge in [0.25, 0.3) is 0 Å². The third-order valence-electron chi connectivity index (χ3n) is 2.60. The molecule has 0 saturated carbocycles. The van der Waals surface area contributed by atoms with Gasteiger partial charge in [0, 0.05) is 4.90 Å². The van der Waals surface area contributed by atoms with Gasteiger partial charge in [-0.3, -0.25) is 4.79 Å². The summed E-state index contributed by atoms with van der Waals surface area (Å²) in [6.07, 6.45) is 0. The van der Waals surface area contributed by atoms with Crippen LogP contribution in [0.1, 0.15) is 25.3 Å². The summed E-state index contributed by atoms with van der Waals surface area (Å²) in [5, 5.41) is 9.06.